The van der Waals surface area contributed by atoms with Crippen molar-refractivity contribution in [3.63, 3.8) is 0 Å². The van der Waals surface area contributed by atoms with Gasteiger partial charge in [-0.15, -0.1) is 0 Å². The van der Waals surface area contributed by atoms with Crippen LogP contribution < -0.4 is 11.2 Å². The first-order valence-electron chi connectivity index (χ1n) is 7.66. The quantitative estimate of drug-likeness (QED) is 0.485. The summed E-state index contributed by atoms with van der Waals surface area (Å²) in [6.07, 6.45) is -4.83. The summed E-state index contributed by atoms with van der Waals surface area (Å²) in [5.41, 5.74) is -2.95. The second kappa shape index (κ2) is 7.24. The van der Waals surface area contributed by atoms with Crippen molar-refractivity contribution in [1.29, 1.82) is 0 Å². The van der Waals surface area contributed by atoms with E-state index in [2.05, 4.69) is 4.37 Å². The fourth-order valence-corrected chi connectivity index (χ4v) is 3.34. The minimum absolute atomic E-state index is 0.0350. The van der Waals surface area contributed by atoms with Crippen LogP contribution in [0.25, 0.3) is 15.8 Å². The molecule has 0 fully saturated rings. The zero-order valence-corrected chi connectivity index (χ0v) is 14.7. The Morgan fingerprint density at radius 2 is 1.96 bits per heavy atom. The predicted octanol–water partition coefficient (Wildman–Crippen LogP) is 2.65. The van der Waals surface area contributed by atoms with Crippen LogP contribution in [-0.4, -0.2) is 26.8 Å². The second-order valence-corrected chi connectivity index (χ2v) is 6.40. The second-order valence-electron chi connectivity index (χ2n) is 5.59. The molecule has 0 aliphatic heterocycles. The lowest BCUT2D eigenvalue weighted by molar-refractivity contribution is -0.144. The van der Waals surface area contributed by atoms with Gasteiger partial charge in [0.1, 0.15) is 12.4 Å². The van der Waals surface area contributed by atoms with Gasteiger partial charge in [0.2, 0.25) is 0 Å². The standard InChI is InChI=1S/C16H13F4N3O3S/c1-22-13(16(18,19)20)7-14(24)23(15(22)25)9-2-3-12-10(6-9)11(21-27-12)8-26-5-4-17/h2-3,6-7H,4-5,8H2,1H3. The lowest BCUT2D eigenvalue weighted by Gasteiger charge is -2.14. The Morgan fingerprint density at radius 3 is 2.63 bits per heavy atom. The highest BCUT2D eigenvalue weighted by Gasteiger charge is 2.35. The number of nitrogens with zero attached hydrogens (tertiary/aromatic N) is 3. The van der Waals surface area contributed by atoms with Crippen molar-refractivity contribution >= 4 is 21.6 Å². The van der Waals surface area contributed by atoms with Gasteiger partial charge in [0.15, 0.2) is 0 Å². The van der Waals surface area contributed by atoms with Crippen molar-refractivity contribution in [3.05, 3.63) is 56.5 Å². The van der Waals surface area contributed by atoms with Crippen LogP contribution in [0.4, 0.5) is 17.6 Å². The Morgan fingerprint density at radius 1 is 1.22 bits per heavy atom. The van der Waals surface area contributed by atoms with Crippen LogP contribution in [-0.2, 0) is 24.6 Å². The monoisotopic (exact) mass is 403 g/mol. The van der Waals surface area contributed by atoms with Gasteiger partial charge >= 0.3 is 11.9 Å². The lowest BCUT2D eigenvalue weighted by atomic mass is 10.2. The van der Waals surface area contributed by atoms with E-state index in [9.17, 15) is 27.2 Å². The number of fused-ring (bicyclic) bond motifs is 1. The topological polar surface area (TPSA) is 66.1 Å². The fraction of sp³-hybridized carbons (Fsp3) is 0.312. The van der Waals surface area contributed by atoms with E-state index in [0.29, 0.717) is 26.3 Å². The first-order valence-corrected chi connectivity index (χ1v) is 8.44. The van der Waals surface area contributed by atoms with E-state index in [4.69, 9.17) is 4.74 Å². The van der Waals surface area contributed by atoms with Crippen LogP contribution in [0.2, 0.25) is 0 Å². The van der Waals surface area contributed by atoms with E-state index in [0.717, 1.165) is 23.3 Å². The molecule has 2 heterocycles. The molecule has 0 bridgehead atoms. The Hall–Kier alpha value is -2.53. The van der Waals surface area contributed by atoms with Gasteiger partial charge in [-0.3, -0.25) is 9.36 Å². The molecule has 0 spiro atoms. The number of alkyl halides is 4. The average Bonchev–Trinajstić information content (AvgIpc) is 3.00. The maximum atomic E-state index is 13.0. The Kier molecular flexibility index (Phi) is 5.16. The summed E-state index contributed by atoms with van der Waals surface area (Å²) >= 11 is 1.15. The molecular formula is C16H13F4N3O3S. The van der Waals surface area contributed by atoms with Gasteiger partial charge in [0.05, 0.1) is 29.3 Å². The van der Waals surface area contributed by atoms with E-state index in [1.165, 1.54) is 12.1 Å². The third kappa shape index (κ3) is 3.65. The molecular weight excluding hydrogens is 390 g/mol. The van der Waals surface area contributed by atoms with Crippen LogP contribution in [0.5, 0.6) is 0 Å². The van der Waals surface area contributed by atoms with Gasteiger partial charge in [0.25, 0.3) is 5.56 Å². The van der Waals surface area contributed by atoms with Crippen LogP contribution in [0.1, 0.15) is 11.4 Å². The van der Waals surface area contributed by atoms with Crippen LogP contribution >= 0.6 is 11.5 Å². The first kappa shape index (κ1) is 19.2. The summed E-state index contributed by atoms with van der Waals surface area (Å²) < 4.78 is 62.1. The molecule has 27 heavy (non-hydrogen) atoms. The zero-order chi connectivity index (χ0) is 19.8. The molecule has 0 amide bonds. The van der Waals surface area contributed by atoms with Crippen LogP contribution in [0.15, 0.2) is 33.9 Å². The van der Waals surface area contributed by atoms with Crippen molar-refractivity contribution in [3.8, 4) is 5.69 Å². The van der Waals surface area contributed by atoms with E-state index in [1.54, 1.807) is 6.07 Å². The highest BCUT2D eigenvalue weighted by molar-refractivity contribution is 7.13. The lowest BCUT2D eigenvalue weighted by Crippen LogP contribution is -2.40. The van der Waals surface area contributed by atoms with Gasteiger partial charge < -0.3 is 4.74 Å². The average molecular weight is 403 g/mol. The zero-order valence-electron chi connectivity index (χ0n) is 13.9. The summed E-state index contributed by atoms with van der Waals surface area (Å²) in [6, 6.07) is 4.90. The minimum atomic E-state index is -4.83. The normalized spacial score (nSPS) is 12.0. The van der Waals surface area contributed by atoms with Crippen molar-refractivity contribution in [2.24, 2.45) is 7.05 Å². The van der Waals surface area contributed by atoms with Gasteiger partial charge in [-0.05, 0) is 29.7 Å². The van der Waals surface area contributed by atoms with E-state index in [-0.39, 0.29) is 18.9 Å². The molecule has 2 aromatic heterocycles. The number of benzene rings is 1. The molecule has 3 rings (SSSR count). The smallest absolute Gasteiger partial charge is 0.372 e. The van der Waals surface area contributed by atoms with Gasteiger partial charge in [0, 0.05) is 18.5 Å². The number of ether oxygens (including phenoxy) is 1. The Balaban J connectivity index is 2.13. The Bertz CT molecular complexity index is 1100. The molecule has 11 heteroatoms. The van der Waals surface area contributed by atoms with Crippen LogP contribution in [0.3, 0.4) is 0 Å². The highest BCUT2D eigenvalue weighted by atomic mass is 32.1. The molecule has 3 aromatic rings. The van der Waals surface area contributed by atoms with E-state index >= 15 is 0 Å². The number of halogens is 4. The molecule has 1 aromatic carbocycles. The molecule has 0 aliphatic rings. The molecule has 0 N–H and O–H groups in total. The van der Waals surface area contributed by atoms with Crippen LogP contribution in [0, 0.1) is 0 Å². The predicted molar refractivity (Wildman–Crippen MR) is 91.1 cm³/mol. The summed E-state index contributed by atoms with van der Waals surface area (Å²) in [7, 11) is 0.946. The maximum absolute atomic E-state index is 13.0. The van der Waals surface area contributed by atoms with Gasteiger partial charge in [-0.2, -0.15) is 17.5 Å². The fourth-order valence-electron chi connectivity index (χ4n) is 2.58. The maximum Gasteiger partial charge on any atom is 0.431 e. The summed E-state index contributed by atoms with van der Waals surface area (Å²) in [5, 5.41) is 0.574. The Labute approximate surface area is 153 Å². The number of rotatable bonds is 5. The molecule has 0 saturated carbocycles. The summed E-state index contributed by atoms with van der Waals surface area (Å²) in [5.74, 6) is 0. The third-order valence-electron chi connectivity index (χ3n) is 3.86. The molecule has 0 aliphatic carbocycles. The van der Waals surface area contributed by atoms with Crippen molar-refractivity contribution in [1.82, 2.24) is 13.5 Å². The van der Waals surface area contributed by atoms with Crippen molar-refractivity contribution in [2.75, 3.05) is 13.3 Å². The SMILES string of the molecule is Cn1c(C(F)(F)F)cc(=O)n(-c2ccc3snc(COCCF)c3c2)c1=O. The first-order chi connectivity index (χ1) is 12.7. The molecule has 0 atom stereocenters. The minimum Gasteiger partial charge on any atom is -0.372 e. The van der Waals surface area contributed by atoms with Gasteiger partial charge in [-0.1, -0.05) is 0 Å². The molecule has 0 saturated heterocycles. The van der Waals surface area contributed by atoms with Crippen molar-refractivity contribution in [2.45, 2.75) is 12.8 Å². The van der Waals surface area contributed by atoms with E-state index < -0.39 is 29.8 Å². The molecule has 0 unspecified atom stereocenters. The number of hydrogen-bond donors (Lipinski definition) is 0. The number of aromatic nitrogens is 3. The third-order valence-corrected chi connectivity index (χ3v) is 4.72. The van der Waals surface area contributed by atoms with E-state index in [1.807, 2.05) is 0 Å². The molecule has 0 radical (unpaired) electrons. The highest BCUT2D eigenvalue weighted by Crippen LogP contribution is 2.28. The largest absolute Gasteiger partial charge is 0.431 e. The molecule has 144 valence electrons. The van der Waals surface area contributed by atoms with Crippen molar-refractivity contribution < 1.29 is 22.3 Å². The molecule has 6 nitrogen and oxygen atoms in total. The number of hydrogen-bond acceptors (Lipinski definition) is 5. The van der Waals surface area contributed by atoms with Gasteiger partial charge in [-0.25, -0.2) is 13.8 Å². The summed E-state index contributed by atoms with van der Waals surface area (Å²) in [6.45, 7) is -0.713. The summed E-state index contributed by atoms with van der Waals surface area (Å²) in [4.78, 5) is 24.6.